The van der Waals surface area contributed by atoms with Gasteiger partial charge in [-0.05, 0) is 37.8 Å². The number of hydrogen-bond acceptors (Lipinski definition) is 2. The summed E-state index contributed by atoms with van der Waals surface area (Å²) in [6.07, 6.45) is 7.57. The molecule has 3 heteroatoms. The van der Waals surface area contributed by atoms with E-state index in [0.29, 0.717) is 0 Å². The molecule has 1 N–H and O–H groups in total. The summed E-state index contributed by atoms with van der Waals surface area (Å²) in [5.74, 6) is 0.866. The smallest absolute Gasteiger partial charge is 0.127 e. The second-order valence-corrected chi connectivity index (χ2v) is 6.52. The first kappa shape index (κ1) is 12.5. The molecule has 3 rings (SSSR count). The van der Waals surface area contributed by atoms with E-state index in [-0.39, 0.29) is 11.7 Å². The number of rotatable bonds is 0. The molecule has 1 heterocycles. The lowest BCUT2D eigenvalue weighted by Crippen LogP contribution is -2.40. The van der Waals surface area contributed by atoms with Crippen LogP contribution in [0, 0.1) is 0 Å². The summed E-state index contributed by atoms with van der Waals surface area (Å²) in [5.41, 5.74) is 0.817. The van der Waals surface area contributed by atoms with Crippen LogP contribution in [0.5, 0.6) is 5.75 Å². The quantitative estimate of drug-likeness (QED) is 0.771. The number of benzene rings is 1. The van der Waals surface area contributed by atoms with Crippen molar-refractivity contribution >= 4 is 15.9 Å². The normalized spacial score (nSPS) is 26.2. The van der Waals surface area contributed by atoms with Gasteiger partial charge in [0, 0.05) is 16.5 Å². The molecule has 1 spiro atoms. The summed E-state index contributed by atoms with van der Waals surface area (Å²) in [6, 6.07) is 5.93. The van der Waals surface area contributed by atoms with Crippen molar-refractivity contribution in [3.8, 4) is 5.75 Å². The van der Waals surface area contributed by atoms with Gasteiger partial charge in [0.05, 0.1) is 6.10 Å². The van der Waals surface area contributed by atoms with Gasteiger partial charge in [0.1, 0.15) is 11.4 Å². The van der Waals surface area contributed by atoms with Gasteiger partial charge in [0.15, 0.2) is 0 Å². The number of hydrogen-bond donors (Lipinski definition) is 1. The lowest BCUT2D eigenvalue weighted by Gasteiger charge is -2.40. The second kappa shape index (κ2) is 4.86. The van der Waals surface area contributed by atoms with Gasteiger partial charge < -0.3 is 9.84 Å². The standard InChI is InChI=1S/C15H19BrO2/c16-11-5-6-12-13(17)10-15(18-14(12)9-11)7-3-1-2-4-8-15/h5-6,9,13,17H,1-4,7-8,10H2/t13-/m1/s1. The number of ether oxygens (including phenoxy) is 1. The Bertz CT molecular complexity index is 436. The monoisotopic (exact) mass is 310 g/mol. The van der Waals surface area contributed by atoms with Gasteiger partial charge in [-0.3, -0.25) is 0 Å². The Morgan fingerprint density at radius 1 is 1.17 bits per heavy atom. The molecular formula is C15H19BrO2. The molecule has 18 heavy (non-hydrogen) atoms. The minimum absolute atomic E-state index is 0.121. The summed E-state index contributed by atoms with van der Waals surface area (Å²) >= 11 is 3.48. The van der Waals surface area contributed by atoms with Gasteiger partial charge in [-0.15, -0.1) is 0 Å². The van der Waals surface area contributed by atoms with Crippen LogP contribution < -0.4 is 4.74 Å². The van der Waals surface area contributed by atoms with Crippen molar-refractivity contribution in [2.45, 2.75) is 56.7 Å². The molecule has 1 aliphatic carbocycles. The average molecular weight is 311 g/mol. The van der Waals surface area contributed by atoms with Crippen molar-refractivity contribution in [2.75, 3.05) is 0 Å². The van der Waals surface area contributed by atoms with Crippen molar-refractivity contribution in [1.29, 1.82) is 0 Å². The van der Waals surface area contributed by atoms with E-state index in [2.05, 4.69) is 15.9 Å². The lowest BCUT2D eigenvalue weighted by molar-refractivity contribution is -0.0245. The van der Waals surface area contributed by atoms with Gasteiger partial charge in [-0.1, -0.05) is 34.8 Å². The molecule has 1 aromatic carbocycles. The predicted octanol–water partition coefficient (Wildman–Crippen LogP) is 4.36. The van der Waals surface area contributed by atoms with Crippen LogP contribution >= 0.6 is 15.9 Å². The molecule has 0 bridgehead atoms. The molecule has 98 valence electrons. The summed E-state index contributed by atoms with van der Waals surface area (Å²) in [7, 11) is 0. The third-order valence-electron chi connectivity index (χ3n) is 4.24. The van der Waals surface area contributed by atoms with Gasteiger partial charge in [-0.25, -0.2) is 0 Å². The van der Waals surface area contributed by atoms with E-state index in [1.807, 2.05) is 18.2 Å². The van der Waals surface area contributed by atoms with E-state index in [1.54, 1.807) is 0 Å². The Morgan fingerprint density at radius 2 is 1.89 bits per heavy atom. The minimum Gasteiger partial charge on any atom is -0.487 e. The third kappa shape index (κ3) is 2.30. The fourth-order valence-electron chi connectivity index (χ4n) is 3.29. The molecule has 0 amide bonds. The molecule has 2 nitrogen and oxygen atoms in total. The fraction of sp³-hybridized carbons (Fsp3) is 0.600. The largest absolute Gasteiger partial charge is 0.487 e. The number of fused-ring (bicyclic) bond motifs is 1. The van der Waals surface area contributed by atoms with Gasteiger partial charge in [-0.2, -0.15) is 0 Å². The maximum Gasteiger partial charge on any atom is 0.127 e. The first-order valence-corrected chi connectivity index (χ1v) is 7.64. The Kier molecular flexibility index (Phi) is 3.37. The molecular weight excluding hydrogens is 292 g/mol. The number of halogens is 1. The lowest BCUT2D eigenvalue weighted by atomic mass is 9.83. The molecule has 1 fully saturated rings. The Labute approximate surface area is 116 Å². The summed E-state index contributed by atoms with van der Waals surface area (Å²) in [6.45, 7) is 0. The van der Waals surface area contributed by atoms with E-state index < -0.39 is 0 Å². The Hall–Kier alpha value is -0.540. The zero-order chi connectivity index (χ0) is 12.6. The van der Waals surface area contributed by atoms with Crippen molar-refractivity contribution < 1.29 is 9.84 Å². The third-order valence-corrected chi connectivity index (χ3v) is 4.73. The number of aliphatic hydroxyl groups is 1. The minimum atomic E-state index is -0.375. The van der Waals surface area contributed by atoms with Crippen molar-refractivity contribution in [3.05, 3.63) is 28.2 Å². The molecule has 1 aliphatic heterocycles. The molecule has 1 atom stereocenters. The highest BCUT2D eigenvalue weighted by Gasteiger charge is 2.40. The van der Waals surface area contributed by atoms with Crippen LogP contribution in [0.1, 0.15) is 56.6 Å². The maximum atomic E-state index is 10.4. The molecule has 0 radical (unpaired) electrons. The summed E-state index contributed by atoms with van der Waals surface area (Å²) in [4.78, 5) is 0. The SMILES string of the molecule is O[C@@H]1CC2(CCCCCC2)Oc2cc(Br)ccc21. The van der Waals surface area contributed by atoms with Gasteiger partial charge in [0.2, 0.25) is 0 Å². The van der Waals surface area contributed by atoms with E-state index in [0.717, 1.165) is 35.0 Å². The highest BCUT2D eigenvalue weighted by Crippen LogP contribution is 2.46. The van der Waals surface area contributed by atoms with Crippen molar-refractivity contribution in [2.24, 2.45) is 0 Å². The van der Waals surface area contributed by atoms with Crippen LogP contribution in [-0.4, -0.2) is 10.7 Å². The molecule has 1 saturated carbocycles. The van der Waals surface area contributed by atoms with E-state index in [1.165, 1.54) is 25.7 Å². The first-order chi connectivity index (χ1) is 8.69. The van der Waals surface area contributed by atoms with Crippen LogP contribution in [0.15, 0.2) is 22.7 Å². The molecule has 0 saturated heterocycles. The van der Waals surface area contributed by atoms with Crippen LogP contribution in [0.3, 0.4) is 0 Å². The Morgan fingerprint density at radius 3 is 2.61 bits per heavy atom. The summed E-state index contributed by atoms with van der Waals surface area (Å²) in [5, 5.41) is 10.4. The van der Waals surface area contributed by atoms with Crippen LogP contribution in [0.25, 0.3) is 0 Å². The number of aliphatic hydroxyl groups excluding tert-OH is 1. The molecule has 0 aromatic heterocycles. The molecule has 2 aliphatic rings. The van der Waals surface area contributed by atoms with Crippen LogP contribution in [0.2, 0.25) is 0 Å². The average Bonchev–Trinajstić information content (AvgIpc) is 2.54. The van der Waals surface area contributed by atoms with E-state index in [9.17, 15) is 5.11 Å². The topological polar surface area (TPSA) is 29.5 Å². The van der Waals surface area contributed by atoms with E-state index >= 15 is 0 Å². The zero-order valence-corrected chi connectivity index (χ0v) is 12.1. The van der Waals surface area contributed by atoms with Gasteiger partial charge in [0.25, 0.3) is 0 Å². The molecule has 0 unspecified atom stereocenters. The first-order valence-electron chi connectivity index (χ1n) is 6.85. The van der Waals surface area contributed by atoms with Crippen LogP contribution in [0.4, 0.5) is 0 Å². The second-order valence-electron chi connectivity index (χ2n) is 5.60. The Balaban J connectivity index is 1.93. The highest BCUT2D eigenvalue weighted by molar-refractivity contribution is 9.10. The van der Waals surface area contributed by atoms with Crippen molar-refractivity contribution in [1.82, 2.24) is 0 Å². The molecule has 1 aromatic rings. The highest BCUT2D eigenvalue weighted by atomic mass is 79.9. The fourth-order valence-corrected chi connectivity index (χ4v) is 3.63. The maximum absolute atomic E-state index is 10.4. The van der Waals surface area contributed by atoms with Crippen molar-refractivity contribution in [3.63, 3.8) is 0 Å². The van der Waals surface area contributed by atoms with Gasteiger partial charge >= 0.3 is 0 Å². The van der Waals surface area contributed by atoms with E-state index in [4.69, 9.17) is 4.74 Å². The summed E-state index contributed by atoms with van der Waals surface area (Å²) < 4.78 is 7.31. The predicted molar refractivity (Wildman–Crippen MR) is 74.8 cm³/mol. The van der Waals surface area contributed by atoms with Crippen LogP contribution in [-0.2, 0) is 0 Å². The zero-order valence-electron chi connectivity index (χ0n) is 10.5.